The highest BCUT2D eigenvalue weighted by molar-refractivity contribution is 5.94. The molecule has 1 atom stereocenters. The number of ether oxygens (including phenoxy) is 1. The molecule has 0 aliphatic carbocycles. The number of aromatic amines is 1. The van der Waals surface area contributed by atoms with E-state index in [2.05, 4.69) is 4.98 Å². The number of carbonyl (C=O) groups is 2. The van der Waals surface area contributed by atoms with Gasteiger partial charge in [0.05, 0.1) is 13.5 Å². The van der Waals surface area contributed by atoms with Crippen molar-refractivity contribution in [3.63, 3.8) is 0 Å². The Hall–Kier alpha value is -2.50. The van der Waals surface area contributed by atoms with Crippen LogP contribution in [-0.2, 0) is 16.0 Å². The van der Waals surface area contributed by atoms with Gasteiger partial charge in [0.15, 0.2) is 0 Å². The van der Waals surface area contributed by atoms with Gasteiger partial charge in [-0.15, -0.1) is 0 Å². The predicted octanol–water partition coefficient (Wildman–Crippen LogP) is 2.18. The molecule has 1 aliphatic rings. The molecule has 3 rings (SSSR count). The van der Waals surface area contributed by atoms with Crippen molar-refractivity contribution in [2.24, 2.45) is 0 Å². The fourth-order valence-electron chi connectivity index (χ4n) is 3.28. The normalized spacial score (nSPS) is 18.1. The number of aliphatic carboxylic acids is 1. The first-order chi connectivity index (χ1) is 11.1. The van der Waals surface area contributed by atoms with E-state index in [0.29, 0.717) is 18.7 Å². The van der Waals surface area contributed by atoms with E-state index < -0.39 is 12.0 Å². The molecule has 122 valence electrons. The minimum atomic E-state index is -0.922. The van der Waals surface area contributed by atoms with Crippen molar-refractivity contribution in [2.75, 3.05) is 13.7 Å². The van der Waals surface area contributed by atoms with E-state index in [-0.39, 0.29) is 12.3 Å². The lowest BCUT2D eigenvalue weighted by atomic mass is 10.0. The van der Waals surface area contributed by atoms with Crippen LogP contribution in [0.3, 0.4) is 0 Å². The summed E-state index contributed by atoms with van der Waals surface area (Å²) in [5.41, 5.74) is 1.73. The Kier molecular flexibility index (Phi) is 4.23. The molecule has 0 saturated carbocycles. The summed E-state index contributed by atoms with van der Waals surface area (Å²) in [5, 5.41) is 10.2. The number of carbonyl (C=O) groups excluding carboxylic acids is 1. The molecule has 2 N–H and O–H groups in total. The second kappa shape index (κ2) is 6.32. The second-order valence-corrected chi connectivity index (χ2v) is 5.81. The monoisotopic (exact) mass is 316 g/mol. The second-order valence-electron chi connectivity index (χ2n) is 5.81. The zero-order chi connectivity index (χ0) is 16.4. The Balaban J connectivity index is 1.86. The van der Waals surface area contributed by atoms with Crippen molar-refractivity contribution in [2.45, 2.75) is 31.7 Å². The summed E-state index contributed by atoms with van der Waals surface area (Å²) < 4.78 is 5.37. The highest BCUT2D eigenvalue weighted by atomic mass is 16.5. The van der Waals surface area contributed by atoms with Crippen molar-refractivity contribution in [3.05, 3.63) is 30.0 Å². The summed E-state index contributed by atoms with van der Waals surface area (Å²) in [5.74, 6) is -0.363. The van der Waals surface area contributed by atoms with Crippen molar-refractivity contribution in [1.82, 2.24) is 9.88 Å². The molecule has 1 amide bonds. The third-order valence-corrected chi connectivity index (χ3v) is 4.42. The van der Waals surface area contributed by atoms with Gasteiger partial charge in [-0.25, -0.2) is 4.79 Å². The van der Waals surface area contributed by atoms with Gasteiger partial charge in [-0.2, -0.15) is 0 Å². The Morgan fingerprint density at radius 2 is 2.22 bits per heavy atom. The molecule has 23 heavy (non-hydrogen) atoms. The Labute approximate surface area is 134 Å². The van der Waals surface area contributed by atoms with Crippen LogP contribution in [0.25, 0.3) is 10.9 Å². The zero-order valence-electron chi connectivity index (χ0n) is 13.0. The minimum Gasteiger partial charge on any atom is -0.496 e. The average molecular weight is 316 g/mol. The van der Waals surface area contributed by atoms with Gasteiger partial charge in [-0.3, -0.25) is 4.79 Å². The van der Waals surface area contributed by atoms with Gasteiger partial charge in [-0.1, -0.05) is 6.07 Å². The fraction of sp³-hybridized carbons (Fsp3) is 0.412. The summed E-state index contributed by atoms with van der Waals surface area (Å²) >= 11 is 0. The number of amides is 1. The molecule has 0 spiro atoms. The standard InChI is InChI=1S/C17H20N2O4/c1-23-14-7-4-5-12-16(14)11(10-18-12)9-15(20)19-8-3-2-6-13(19)17(21)22/h4-5,7,10,13,18H,2-3,6,8-9H2,1H3,(H,21,22). The maximum atomic E-state index is 12.6. The summed E-state index contributed by atoms with van der Waals surface area (Å²) in [4.78, 5) is 28.6. The van der Waals surface area contributed by atoms with Gasteiger partial charge in [0.2, 0.25) is 5.91 Å². The average Bonchev–Trinajstić information content (AvgIpc) is 2.98. The zero-order valence-corrected chi connectivity index (χ0v) is 13.0. The molecule has 6 nitrogen and oxygen atoms in total. The van der Waals surface area contributed by atoms with Gasteiger partial charge >= 0.3 is 5.97 Å². The number of hydrogen-bond acceptors (Lipinski definition) is 3. The largest absolute Gasteiger partial charge is 0.496 e. The molecule has 0 radical (unpaired) electrons. The first kappa shape index (κ1) is 15.4. The summed E-state index contributed by atoms with van der Waals surface area (Å²) in [7, 11) is 1.60. The molecule has 2 aromatic rings. The Bertz CT molecular complexity index is 737. The van der Waals surface area contributed by atoms with Crippen LogP contribution in [0.15, 0.2) is 24.4 Å². The van der Waals surface area contributed by atoms with Crippen LogP contribution in [0.5, 0.6) is 5.75 Å². The Morgan fingerprint density at radius 1 is 1.39 bits per heavy atom. The van der Waals surface area contributed by atoms with E-state index in [0.717, 1.165) is 29.3 Å². The number of hydrogen-bond donors (Lipinski definition) is 2. The van der Waals surface area contributed by atoms with Gasteiger partial charge in [0.25, 0.3) is 0 Å². The molecule has 0 bridgehead atoms. The molecule has 1 fully saturated rings. The van der Waals surface area contributed by atoms with Gasteiger partial charge in [0.1, 0.15) is 11.8 Å². The number of likely N-dealkylation sites (tertiary alicyclic amines) is 1. The number of aromatic nitrogens is 1. The third kappa shape index (κ3) is 2.88. The van der Waals surface area contributed by atoms with Crippen molar-refractivity contribution in [1.29, 1.82) is 0 Å². The van der Waals surface area contributed by atoms with Crippen LogP contribution in [0.4, 0.5) is 0 Å². The molecule has 2 heterocycles. The maximum absolute atomic E-state index is 12.6. The topological polar surface area (TPSA) is 82.6 Å². The molecule has 1 aliphatic heterocycles. The number of rotatable bonds is 4. The predicted molar refractivity (Wildman–Crippen MR) is 85.5 cm³/mol. The first-order valence-corrected chi connectivity index (χ1v) is 7.77. The number of nitrogens with zero attached hydrogens (tertiary/aromatic N) is 1. The smallest absolute Gasteiger partial charge is 0.326 e. The Morgan fingerprint density at radius 3 is 2.96 bits per heavy atom. The third-order valence-electron chi connectivity index (χ3n) is 4.42. The number of piperidine rings is 1. The molecule has 1 unspecified atom stereocenters. The van der Waals surface area contributed by atoms with Crippen molar-refractivity contribution < 1.29 is 19.4 Å². The first-order valence-electron chi connectivity index (χ1n) is 7.77. The van der Waals surface area contributed by atoms with Crippen LogP contribution in [-0.4, -0.2) is 46.6 Å². The van der Waals surface area contributed by atoms with Crippen LogP contribution >= 0.6 is 0 Å². The van der Waals surface area contributed by atoms with Crippen molar-refractivity contribution in [3.8, 4) is 5.75 Å². The maximum Gasteiger partial charge on any atom is 0.326 e. The number of fused-ring (bicyclic) bond motifs is 1. The number of methoxy groups -OCH3 is 1. The molecule has 1 aromatic carbocycles. The van der Waals surface area contributed by atoms with Gasteiger partial charge in [0, 0.05) is 23.6 Å². The van der Waals surface area contributed by atoms with E-state index in [4.69, 9.17) is 4.74 Å². The minimum absolute atomic E-state index is 0.149. The lowest BCUT2D eigenvalue weighted by Crippen LogP contribution is -2.48. The number of carboxylic acid groups (broad SMARTS) is 1. The lowest BCUT2D eigenvalue weighted by Gasteiger charge is -2.33. The van der Waals surface area contributed by atoms with E-state index in [1.54, 1.807) is 13.3 Å². The van der Waals surface area contributed by atoms with E-state index >= 15 is 0 Å². The number of H-pyrrole nitrogens is 1. The molecular formula is C17H20N2O4. The van der Waals surface area contributed by atoms with Crippen LogP contribution in [0.1, 0.15) is 24.8 Å². The molecular weight excluding hydrogens is 296 g/mol. The lowest BCUT2D eigenvalue weighted by molar-refractivity contribution is -0.151. The quantitative estimate of drug-likeness (QED) is 0.906. The van der Waals surface area contributed by atoms with Crippen LogP contribution in [0.2, 0.25) is 0 Å². The van der Waals surface area contributed by atoms with E-state index in [1.165, 1.54) is 4.90 Å². The number of nitrogens with one attached hydrogen (secondary N) is 1. The van der Waals surface area contributed by atoms with E-state index in [9.17, 15) is 14.7 Å². The SMILES string of the molecule is COc1cccc2[nH]cc(CC(=O)N3CCCCC3C(=O)O)c12. The highest BCUT2D eigenvalue weighted by Crippen LogP contribution is 2.29. The summed E-state index contributed by atoms with van der Waals surface area (Å²) in [6.07, 6.45) is 4.20. The highest BCUT2D eigenvalue weighted by Gasteiger charge is 2.32. The van der Waals surface area contributed by atoms with Gasteiger partial charge in [-0.05, 0) is 37.0 Å². The molecule has 6 heteroatoms. The summed E-state index contributed by atoms with van der Waals surface area (Å²) in [6, 6.07) is 4.95. The van der Waals surface area contributed by atoms with E-state index in [1.807, 2.05) is 18.2 Å². The van der Waals surface area contributed by atoms with Crippen molar-refractivity contribution >= 4 is 22.8 Å². The molecule has 1 aromatic heterocycles. The fourth-order valence-corrected chi connectivity index (χ4v) is 3.28. The number of benzene rings is 1. The van der Waals surface area contributed by atoms with Crippen LogP contribution < -0.4 is 4.74 Å². The van der Waals surface area contributed by atoms with Crippen LogP contribution in [0, 0.1) is 0 Å². The van der Waals surface area contributed by atoms with Gasteiger partial charge < -0.3 is 19.7 Å². The number of carboxylic acids is 1. The molecule has 1 saturated heterocycles. The summed E-state index contributed by atoms with van der Waals surface area (Å²) in [6.45, 7) is 0.509.